The lowest BCUT2D eigenvalue weighted by Gasteiger charge is -2.15. The van der Waals surface area contributed by atoms with Crippen molar-refractivity contribution in [1.82, 2.24) is 0 Å². The number of hydrogen-bond acceptors (Lipinski definition) is 5. The Bertz CT molecular complexity index is 984. The quantitative estimate of drug-likeness (QED) is 0.0398. The smallest absolute Gasteiger partial charge is 0.306 e. The van der Waals surface area contributed by atoms with Gasteiger partial charge in [0.2, 0.25) is 0 Å². The zero-order valence-electron chi connectivity index (χ0n) is 32.8. The number of unbranched alkanes of at least 4 members (excludes halogenated alkanes) is 14. The van der Waals surface area contributed by atoms with Crippen molar-refractivity contribution in [2.75, 3.05) is 13.2 Å². The molecule has 5 nitrogen and oxygen atoms in total. The number of carbonyl (C=O) groups excluding carboxylic acids is 2. The number of esters is 2. The fourth-order valence-corrected chi connectivity index (χ4v) is 5.31. The van der Waals surface area contributed by atoms with Gasteiger partial charge in [-0.1, -0.05) is 157 Å². The van der Waals surface area contributed by atoms with Gasteiger partial charge in [-0.3, -0.25) is 9.59 Å². The molecule has 0 heterocycles. The van der Waals surface area contributed by atoms with Crippen molar-refractivity contribution in [3.8, 4) is 0 Å². The third-order valence-corrected chi connectivity index (χ3v) is 8.42. The molecular weight excluding hydrogens is 633 g/mol. The first-order valence-electron chi connectivity index (χ1n) is 20.6. The van der Waals surface area contributed by atoms with Crippen LogP contribution in [0.1, 0.15) is 174 Å². The largest absolute Gasteiger partial charge is 0.462 e. The summed E-state index contributed by atoms with van der Waals surface area (Å²) in [6.45, 7) is 3.96. The molecule has 0 spiro atoms. The van der Waals surface area contributed by atoms with Crippen LogP contribution in [0.25, 0.3) is 0 Å². The molecule has 0 saturated heterocycles. The Morgan fingerprint density at radius 2 is 0.843 bits per heavy atom. The molecule has 0 aliphatic rings. The van der Waals surface area contributed by atoms with E-state index in [0.29, 0.717) is 12.8 Å². The minimum Gasteiger partial charge on any atom is -0.462 e. The Kier molecular flexibility index (Phi) is 39.1. The maximum absolute atomic E-state index is 12.2. The van der Waals surface area contributed by atoms with Gasteiger partial charge in [0.15, 0.2) is 6.10 Å². The first kappa shape index (κ1) is 48.1. The lowest BCUT2D eigenvalue weighted by Crippen LogP contribution is -2.28. The first-order valence-corrected chi connectivity index (χ1v) is 20.6. The summed E-state index contributed by atoms with van der Waals surface area (Å²) in [6.07, 6.45) is 56.4. The molecule has 0 rings (SSSR count). The van der Waals surface area contributed by atoms with E-state index in [0.717, 1.165) is 103 Å². The van der Waals surface area contributed by atoms with Crippen molar-refractivity contribution in [2.24, 2.45) is 0 Å². The summed E-state index contributed by atoms with van der Waals surface area (Å²) in [7, 11) is 0. The molecule has 0 aliphatic heterocycles. The highest BCUT2D eigenvalue weighted by Gasteiger charge is 2.16. The van der Waals surface area contributed by atoms with Gasteiger partial charge < -0.3 is 14.6 Å². The number of ether oxygens (including phenoxy) is 2. The summed E-state index contributed by atoms with van der Waals surface area (Å²) < 4.78 is 10.6. The van der Waals surface area contributed by atoms with E-state index < -0.39 is 6.10 Å². The van der Waals surface area contributed by atoms with E-state index in [1.165, 1.54) is 44.9 Å². The van der Waals surface area contributed by atoms with E-state index in [9.17, 15) is 14.7 Å². The van der Waals surface area contributed by atoms with E-state index in [2.05, 4.69) is 98.9 Å². The molecule has 5 heteroatoms. The number of aliphatic hydroxyl groups is 1. The highest BCUT2D eigenvalue weighted by molar-refractivity contribution is 5.70. The Labute approximate surface area is 314 Å². The minimum atomic E-state index is -0.792. The van der Waals surface area contributed by atoms with Crippen LogP contribution in [0.5, 0.6) is 0 Å². The number of carbonyl (C=O) groups is 2. The molecule has 0 fully saturated rings. The second-order valence-corrected chi connectivity index (χ2v) is 13.3. The average molecular weight is 709 g/mol. The van der Waals surface area contributed by atoms with E-state index >= 15 is 0 Å². The predicted molar refractivity (Wildman–Crippen MR) is 219 cm³/mol. The first-order chi connectivity index (χ1) is 25.1. The van der Waals surface area contributed by atoms with Crippen molar-refractivity contribution in [3.63, 3.8) is 0 Å². The standard InChI is InChI=1S/C46H76O5/c1-3-5-7-9-11-13-15-17-19-21-22-23-24-25-27-29-31-33-35-37-39-41-46(49)51-44(42-47)43-50-45(48)40-38-36-34-32-30-28-26-20-18-16-14-12-10-8-6-4-2/h5,7,11,13-14,16-17,19-20,22-23,25-27,44,47H,3-4,6,8-10,12,15,18,21,24,28-43H2,1-2H3/b7-5-,13-11-,16-14-,19-17-,23-22-,26-20-,27-25-. The molecule has 0 bridgehead atoms. The average Bonchev–Trinajstić information content (AvgIpc) is 3.13. The van der Waals surface area contributed by atoms with E-state index in [1.54, 1.807) is 0 Å². The lowest BCUT2D eigenvalue weighted by molar-refractivity contribution is -0.161. The van der Waals surface area contributed by atoms with Crippen LogP contribution in [0.3, 0.4) is 0 Å². The van der Waals surface area contributed by atoms with Crippen LogP contribution >= 0.6 is 0 Å². The fraction of sp³-hybridized carbons (Fsp3) is 0.652. The van der Waals surface area contributed by atoms with Crippen LogP contribution < -0.4 is 0 Å². The van der Waals surface area contributed by atoms with E-state index in [-0.39, 0.29) is 25.2 Å². The van der Waals surface area contributed by atoms with Gasteiger partial charge in [-0.05, 0) is 89.9 Å². The third-order valence-electron chi connectivity index (χ3n) is 8.42. The second-order valence-electron chi connectivity index (χ2n) is 13.3. The van der Waals surface area contributed by atoms with Crippen LogP contribution in [0.2, 0.25) is 0 Å². The predicted octanol–water partition coefficient (Wildman–Crippen LogP) is 13.1. The molecular formula is C46H76O5. The third kappa shape index (κ3) is 39.7. The molecule has 1 N–H and O–H groups in total. The monoisotopic (exact) mass is 709 g/mol. The SMILES string of the molecule is CC/C=C\C/C=C\C/C=C\C/C=C\C/C=C\CCCCCCCC(=O)OC(CO)COC(=O)CCCCCCC/C=C\C/C=C\CCCCCC. The van der Waals surface area contributed by atoms with Crippen LogP contribution in [-0.4, -0.2) is 36.4 Å². The zero-order valence-corrected chi connectivity index (χ0v) is 32.8. The number of aliphatic hydroxyl groups excluding tert-OH is 1. The second kappa shape index (κ2) is 41.5. The molecule has 1 atom stereocenters. The lowest BCUT2D eigenvalue weighted by atomic mass is 10.1. The maximum atomic E-state index is 12.2. The maximum Gasteiger partial charge on any atom is 0.306 e. The van der Waals surface area contributed by atoms with Crippen molar-refractivity contribution in [1.29, 1.82) is 0 Å². The van der Waals surface area contributed by atoms with Gasteiger partial charge in [0.05, 0.1) is 6.61 Å². The van der Waals surface area contributed by atoms with Gasteiger partial charge >= 0.3 is 11.9 Å². The molecule has 1 unspecified atom stereocenters. The fourth-order valence-electron chi connectivity index (χ4n) is 5.31. The zero-order chi connectivity index (χ0) is 37.1. The molecule has 290 valence electrons. The van der Waals surface area contributed by atoms with Crippen molar-refractivity contribution >= 4 is 11.9 Å². The molecule has 0 aromatic carbocycles. The van der Waals surface area contributed by atoms with Gasteiger partial charge in [0.25, 0.3) is 0 Å². The van der Waals surface area contributed by atoms with Gasteiger partial charge in [0, 0.05) is 12.8 Å². The van der Waals surface area contributed by atoms with E-state index in [4.69, 9.17) is 9.47 Å². The van der Waals surface area contributed by atoms with Gasteiger partial charge in [-0.2, -0.15) is 0 Å². The summed E-state index contributed by atoms with van der Waals surface area (Å²) in [5.74, 6) is -0.636. The number of rotatable bonds is 36. The van der Waals surface area contributed by atoms with E-state index in [1.807, 2.05) is 0 Å². The normalized spacial score (nSPS) is 13.1. The van der Waals surface area contributed by atoms with Crippen molar-refractivity contribution in [3.05, 3.63) is 85.1 Å². The Morgan fingerprint density at radius 3 is 1.27 bits per heavy atom. The molecule has 0 aliphatic carbocycles. The molecule has 0 amide bonds. The summed E-state index contributed by atoms with van der Waals surface area (Å²) in [6, 6.07) is 0. The molecule has 51 heavy (non-hydrogen) atoms. The summed E-state index contributed by atoms with van der Waals surface area (Å²) >= 11 is 0. The molecule has 0 aromatic rings. The summed E-state index contributed by atoms with van der Waals surface area (Å²) in [4.78, 5) is 24.3. The van der Waals surface area contributed by atoms with Crippen LogP contribution in [-0.2, 0) is 19.1 Å². The van der Waals surface area contributed by atoms with Gasteiger partial charge in [-0.25, -0.2) is 0 Å². The van der Waals surface area contributed by atoms with Crippen molar-refractivity contribution in [2.45, 2.75) is 180 Å². The Morgan fingerprint density at radius 1 is 0.471 bits per heavy atom. The highest BCUT2D eigenvalue weighted by atomic mass is 16.6. The van der Waals surface area contributed by atoms with Crippen LogP contribution in [0, 0.1) is 0 Å². The van der Waals surface area contributed by atoms with Gasteiger partial charge in [-0.15, -0.1) is 0 Å². The molecule has 0 aromatic heterocycles. The number of hydrogen-bond donors (Lipinski definition) is 1. The minimum absolute atomic E-state index is 0.0861. The Balaban J connectivity index is 3.66. The number of allylic oxidation sites excluding steroid dienone is 14. The Hall–Kier alpha value is -2.92. The molecule has 0 radical (unpaired) electrons. The van der Waals surface area contributed by atoms with Crippen LogP contribution in [0.4, 0.5) is 0 Å². The van der Waals surface area contributed by atoms with Gasteiger partial charge in [0.1, 0.15) is 6.61 Å². The summed E-state index contributed by atoms with van der Waals surface area (Å²) in [5, 5.41) is 9.57. The van der Waals surface area contributed by atoms with Crippen molar-refractivity contribution < 1.29 is 24.2 Å². The summed E-state index contributed by atoms with van der Waals surface area (Å²) in [5.41, 5.74) is 0. The highest BCUT2D eigenvalue weighted by Crippen LogP contribution is 2.11. The topological polar surface area (TPSA) is 72.8 Å². The molecule has 0 saturated carbocycles. The van der Waals surface area contributed by atoms with Crippen LogP contribution in [0.15, 0.2) is 85.1 Å².